The van der Waals surface area contributed by atoms with Crippen molar-refractivity contribution in [3.05, 3.63) is 53.5 Å². The first-order valence-corrected chi connectivity index (χ1v) is 15.2. The van der Waals surface area contributed by atoms with Gasteiger partial charge in [0.1, 0.15) is 11.4 Å². The smallest absolute Gasteiger partial charge is 0.342 e. The number of aryl methyl sites for hydroxylation is 1. The largest absolute Gasteiger partial charge is 0.459 e. The van der Waals surface area contributed by atoms with Crippen LogP contribution < -0.4 is 4.90 Å². The summed E-state index contributed by atoms with van der Waals surface area (Å²) in [4.78, 5) is 36.7. The van der Waals surface area contributed by atoms with Gasteiger partial charge in [-0.15, -0.1) is 0 Å². The molecule has 3 heterocycles. The van der Waals surface area contributed by atoms with Crippen molar-refractivity contribution in [2.75, 3.05) is 31.1 Å². The van der Waals surface area contributed by atoms with Crippen LogP contribution in [0.3, 0.4) is 0 Å². The fourth-order valence-corrected chi connectivity index (χ4v) is 4.63. The Balaban J connectivity index is 1.53. The highest BCUT2D eigenvalue weighted by atomic mass is 28.4. The van der Waals surface area contributed by atoms with Gasteiger partial charge in [0.2, 0.25) is 0 Å². The number of carbonyl (C=O) groups is 1. The van der Waals surface area contributed by atoms with Crippen molar-refractivity contribution >= 4 is 20.1 Å². The van der Waals surface area contributed by atoms with Crippen molar-refractivity contribution in [1.82, 2.24) is 14.9 Å². The molecule has 0 amide bonds. The van der Waals surface area contributed by atoms with Crippen LogP contribution in [-0.4, -0.2) is 66.2 Å². The molecule has 8 heteroatoms. The van der Waals surface area contributed by atoms with E-state index in [0.29, 0.717) is 11.4 Å². The van der Waals surface area contributed by atoms with E-state index in [9.17, 15) is 9.59 Å². The lowest BCUT2D eigenvalue weighted by atomic mass is 10.0. The molecule has 0 radical (unpaired) electrons. The number of ether oxygens (including phenoxy) is 1. The van der Waals surface area contributed by atoms with Crippen molar-refractivity contribution in [1.29, 1.82) is 0 Å². The van der Waals surface area contributed by atoms with Crippen LogP contribution >= 0.6 is 0 Å². The van der Waals surface area contributed by atoms with E-state index >= 15 is 0 Å². The first-order chi connectivity index (χ1) is 16.0. The SMILES string of the molecule is CC(C)OC(=O)c1cccnc1N1CCN(Cc2ccc(CCC(C)(C)[Si](C)(C)O)cn2)CC1. The van der Waals surface area contributed by atoms with E-state index in [0.717, 1.165) is 51.3 Å². The number of anilines is 1. The van der Waals surface area contributed by atoms with Gasteiger partial charge >= 0.3 is 5.97 Å². The quantitative estimate of drug-likeness (QED) is 0.420. The number of carbonyl (C=O) groups excluding carboxylic acids is 1. The van der Waals surface area contributed by atoms with Gasteiger partial charge in [0.05, 0.1) is 11.8 Å². The molecule has 2 aromatic heterocycles. The fraction of sp³-hybridized carbons (Fsp3) is 0.577. The van der Waals surface area contributed by atoms with Gasteiger partial charge < -0.3 is 14.4 Å². The van der Waals surface area contributed by atoms with E-state index in [2.05, 4.69) is 40.8 Å². The summed E-state index contributed by atoms with van der Waals surface area (Å²) in [6, 6.07) is 7.85. The maximum absolute atomic E-state index is 12.5. The van der Waals surface area contributed by atoms with Crippen LogP contribution in [0.2, 0.25) is 18.1 Å². The number of piperazine rings is 1. The molecular formula is C26H40N4O3Si. The molecule has 1 saturated heterocycles. The van der Waals surface area contributed by atoms with Crippen LogP contribution in [0.15, 0.2) is 36.7 Å². The molecule has 3 rings (SSSR count). The summed E-state index contributed by atoms with van der Waals surface area (Å²) < 4.78 is 5.40. The van der Waals surface area contributed by atoms with Crippen LogP contribution in [-0.2, 0) is 17.7 Å². The summed E-state index contributed by atoms with van der Waals surface area (Å²) in [5.74, 6) is 0.380. The molecule has 1 fully saturated rings. The fourth-order valence-electron chi connectivity index (χ4n) is 3.89. The average Bonchev–Trinajstić information content (AvgIpc) is 2.78. The molecule has 186 valence electrons. The first-order valence-electron chi connectivity index (χ1n) is 12.3. The predicted molar refractivity (Wildman–Crippen MR) is 139 cm³/mol. The lowest BCUT2D eigenvalue weighted by molar-refractivity contribution is 0.0378. The van der Waals surface area contributed by atoms with Crippen molar-refractivity contribution in [3.8, 4) is 0 Å². The third-order valence-electron chi connectivity index (χ3n) is 6.99. The maximum Gasteiger partial charge on any atom is 0.342 e. The number of hydrogen-bond acceptors (Lipinski definition) is 7. The number of hydrogen-bond donors (Lipinski definition) is 1. The molecule has 0 aromatic carbocycles. The summed E-state index contributed by atoms with van der Waals surface area (Å²) in [5, 5.41) is -0.0235. The number of pyridine rings is 2. The molecule has 1 aliphatic heterocycles. The van der Waals surface area contributed by atoms with Gasteiger partial charge in [0.15, 0.2) is 8.32 Å². The van der Waals surface area contributed by atoms with Crippen LogP contribution in [0, 0.1) is 0 Å². The maximum atomic E-state index is 12.5. The molecule has 0 unspecified atom stereocenters. The van der Waals surface area contributed by atoms with E-state index in [1.807, 2.05) is 33.1 Å². The average molecular weight is 485 g/mol. The minimum absolute atomic E-state index is 0.0235. The van der Waals surface area contributed by atoms with Crippen LogP contribution in [0.4, 0.5) is 5.82 Å². The Bertz CT molecular complexity index is 949. The molecule has 0 bridgehead atoms. The van der Waals surface area contributed by atoms with Gasteiger partial charge in [-0.3, -0.25) is 9.88 Å². The van der Waals surface area contributed by atoms with E-state index in [-0.39, 0.29) is 17.1 Å². The van der Waals surface area contributed by atoms with Crippen LogP contribution in [0.5, 0.6) is 0 Å². The molecule has 1 N–H and O–H groups in total. The van der Waals surface area contributed by atoms with E-state index in [1.165, 1.54) is 5.56 Å². The topological polar surface area (TPSA) is 78.8 Å². The zero-order valence-electron chi connectivity index (χ0n) is 21.5. The van der Waals surface area contributed by atoms with Crippen LogP contribution in [0.1, 0.15) is 55.7 Å². The lowest BCUT2D eigenvalue weighted by Gasteiger charge is -2.36. The third-order valence-corrected chi connectivity index (χ3v) is 10.6. The standard InChI is InChI=1S/C26H40N4O3Si/c1-20(2)33-25(31)23-8-7-13-27-24(23)30-16-14-29(15-17-30)19-22-10-9-21(18-28-22)11-12-26(3,4)34(5,6)32/h7-10,13,18,20,32H,11-12,14-17,19H2,1-6H3. The zero-order valence-corrected chi connectivity index (χ0v) is 22.5. The second-order valence-electron chi connectivity index (χ2n) is 10.7. The number of aromatic nitrogens is 2. The Morgan fingerprint density at radius 3 is 2.44 bits per heavy atom. The summed E-state index contributed by atoms with van der Waals surface area (Å²) in [6.07, 6.45) is 5.44. The Kier molecular flexibility index (Phi) is 8.49. The van der Waals surface area contributed by atoms with Crippen molar-refractivity contribution in [2.24, 2.45) is 0 Å². The second-order valence-corrected chi connectivity index (χ2v) is 15.2. The van der Waals surface area contributed by atoms with Gasteiger partial charge in [0.25, 0.3) is 0 Å². The highest BCUT2D eigenvalue weighted by molar-refractivity contribution is 6.72. The van der Waals surface area contributed by atoms with Crippen molar-refractivity contribution < 1.29 is 14.3 Å². The highest BCUT2D eigenvalue weighted by Gasteiger charge is 2.37. The number of esters is 1. The summed E-state index contributed by atoms with van der Waals surface area (Å²) in [5.41, 5.74) is 2.81. The summed E-state index contributed by atoms with van der Waals surface area (Å²) in [7, 11) is -2.19. The second kappa shape index (κ2) is 11.0. The van der Waals surface area contributed by atoms with E-state index in [4.69, 9.17) is 9.72 Å². The third kappa shape index (κ3) is 6.87. The van der Waals surface area contributed by atoms with Crippen molar-refractivity contribution in [2.45, 2.75) is 71.3 Å². The first kappa shape index (κ1) is 26.3. The molecule has 0 spiro atoms. The van der Waals surface area contributed by atoms with Gasteiger partial charge in [-0.05, 0) is 68.6 Å². The molecule has 0 aliphatic carbocycles. The lowest BCUT2D eigenvalue weighted by Crippen LogP contribution is -2.46. The minimum Gasteiger partial charge on any atom is -0.459 e. The Morgan fingerprint density at radius 2 is 1.85 bits per heavy atom. The monoisotopic (exact) mass is 484 g/mol. The predicted octanol–water partition coefficient (Wildman–Crippen LogP) is 4.27. The van der Waals surface area contributed by atoms with Crippen LogP contribution in [0.25, 0.3) is 0 Å². The summed E-state index contributed by atoms with van der Waals surface area (Å²) >= 11 is 0. The molecule has 0 atom stereocenters. The van der Waals surface area contributed by atoms with Gasteiger partial charge in [-0.25, -0.2) is 9.78 Å². The zero-order chi connectivity index (χ0) is 24.9. The van der Waals surface area contributed by atoms with Gasteiger partial charge in [0, 0.05) is 45.1 Å². The molecule has 0 saturated carbocycles. The number of nitrogens with zero attached hydrogens (tertiary/aromatic N) is 4. The Hall–Kier alpha value is -2.29. The van der Waals surface area contributed by atoms with Crippen molar-refractivity contribution in [3.63, 3.8) is 0 Å². The highest BCUT2D eigenvalue weighted by Crippen LogP contribution is 2.39. The Morgan fingerprint density at radius 1 is 1.15 bits per heavy atom. The van der Waals surface area contributed by atoms with E-state index in [1.54, 1.807) is 18.3 Å². The molecule has 7 nitrogen and oxygen atoms in total. The van der Waals surface area contributed by atoms with Gasteiger partial charge in [-0.2, -0.15) is 0 Å². The van der Waals surface area contributed by atoms with Gasteiger partial charge in [-0.1, -0.05) is 19.9 Å². The van der Waals surface area contributed by atoms with E-state index < -0.39 is 8.32 Å². The molecular weight excluding hydrogens is 444 g/mol. The number of rotatable bonds is 9. The molecule has 34 heavy (non-hydrogen) atoms. The molecule has 2 aromatic rings. The summed E-state index contributed by atoms with van der Waals surface area (Å²) in [6.45, 7) is 16.2. The minimum atomic E-state index is -2.19. The normalized spacial score (nSPS) is 15.6. The Labute approximate surface area is 205 Å². The molecule has 1 aliphatic rings.